The van der Waals surface area contributed by atoms with E-state index in [4.69, 9.17) is 0 Å². The van der Waals surface area contributed by atoms with Crippen molar-refractivity contribution in [2.24, 2.45) is 0 Å². The first-order chi connectivity index (χ1) is 12.6. The zero-order valence-electron chi connectivity index (χ0n) is 14.5. The number of nitrogens with one attached hydrogen (secondary N) is 2. The van der Waals surface area contributed by atoms with Gasteiger partial charge in [-0.05, 0) is 38.1 Å². The van der Waals surface area contributed by atoms with E-state index in [0.29, 0.717) is 12.6 Å². The van der Waals surface area contributed by atoms with Crippen LogP contribution in [0.5, 0.6) is 0 Å². The Labute approximate surface area is 155 Å². The van der Waals surface area contributed by atoms with Crippen LogP contribution in [0.15, 0.2) is 29.6 Å². The summed E-state index contributed by atoms with van der Waals surface area (Å²) in [5.41, 5.74) is 0.189. The molecule has 3 rings (SSSR count). The molecule has 1 aromatic carbocycles. The van der Waals surface area contributed by atoms with E-state index in [1.807, 2.05) is 0 Å². The van der Waals surface area contributed by atoms with Crippen LogP contribution in [-0.2, 0) is 0 Å². The van der Waals surface area contributed by atoms with Gasteiger partial charge in [0.1, 0.15) is 11.5 Å². The number of likely N-dealkylation sites (N-methyl/N-ethyl adjacent to an activating group) is 1. The van der Waals surface area contributed by atoms with Gasteiger partial charge in [0.05, 0.1) is 5.56 Å². The Hall–Kier alpha value is -2.32. The topological polar surface area (TPSA) is 74.3 Å². The molecule has 2 amide bonds. The van der Waals surface area contributed by atoms with Crippen molar-refractivity contribution in [3.8, 4) is 0 Å². The smallest absolute Gasteiger partial charge is 0.270 e. The first kappa shape index (κ1) is 18.5. The van der Waals surface area contributed by atoms with Gasteiger partial charge in [-0.15, -0.1) is 11.3 Å². The molecule has 0 bridgehead atoms. The number of hydrogen-bond acceptors (Lipinski definition) is 5. The maximum absolute atomic E-state index is 13.6. The predicted octanol–water partition coefficient (Wildman–Crippen LogP) is 2.75. The minimum absolute atomic E-state index is 0.0606. The van der Waals surface area contributed by atoms with Gasteiger partial charge in [0, 0.05) is 18.0 Å². The number of hydrogen-bond donors (Lipinski definition) is 2. The highest BCUT2D eigenvalue weighted by atomic mass is 32.1. The zero-order chi connectivity index (χ0) is 18.5. The third-order valence-electron chi connectivity index (χ3n) is 4.48. The van der Waals surface area contributed by atoms with Crippen molar-refractivity contribution in [2.45, 2.75) is 25.8 Å². The molecule has 8 heteroatoms. The van der Waals surface area contributed by atoms with Gasteiger partial charge in [-0.25, -0.2) is 9.37 Å². The minimum atomic E-state index is -0.600. The molecular formula is C18H21FN4O2S. The summed E-state index contributed by atoms with van der Waals surface area (Å²) in [6.45, 7) is 4.75. The molecule has 26 heavy (non-hydrogen) atoms. The van der Waals surface area contributed by atoms with E-state index < -0.39 is 11.7 Å². The lowest BCUT2D eigenvalue weighted by molar-refractivity contribution is 0.0935. The molecule has 0 aliphatic carbocycles. The van der Waals surface area contributed by atoms with Crippen molar-refractivity contribution in [3.05, 3.63) is 46.7 Å². The number of carbonyl (C=O) groups excluding carboxylic acids is 2. The van der Waals surface area contributed by atoms with Crippen LogP contribution in [0, 0.1) is 5.82 Å². The van der Waals surface area contributed by atoms with E-state index in [2.05, 4.69) is 27.4 Å². The largest absolute Gasteiger partial charge is 0.349 e. The molecule has 0 radical (unpaired) electrons. The van der Waals surface area contributed by atoms with Gasteiger partial charge in [-0.1, -0.05) is 19.1 Å². The van der Waals surface area contributed by atoms with Crippen molar-refractivity contribution in [2.75, 3.05) is 25.0 Å². The summed E-state index contributed by atoms with van der Waals surface area (Å²) in [5.74, 6) is -1.46. The Kier molecular flexibility index (Phi) is 5.95. The van der Waals surface area contributed by atoms with Gasteiger partial charge in [0.2, 0.25) is 0 Å². The Balaban J connectivity index is 1.56. The van der Waals surface area contributed by atoms with Gasteiger partial charge in [0.15, 0.2) is 5.13 Å². The maximum Gasteiger partial charge on any atom is 0.270 e. The summed E-state index contributed by atoms with van der Waals surface area (Å²) >= 11 is 1.13. The van der Waals surface area contributed by atoms with Crippen LogP contribution in [0.3, 0.4) is 0 Å². The fraction of sp³-hybridized carbons (Fsp3) is 0.389. The fourth-order valence-electron chi connectivity index (χ4n) is 3.09. The summed E-state index contributed by atoms with van der Waals surface area (Å²) < 4.78 is 13.6. The van der Waals surface area contributed by atoms with Crippen LogP contribution in [0.25, 0.3) is 0 Å². The molecule has 1 atom stereocenters. The quantitative estimate of drug-likeness (QED) is 0.813. The number of nitrogens with zero attached hydrogens (tertiary/aromatic N) is 2. The van der Waals surface area contributed by atoms with Gasteiger partial charge >= 0.3 is 0 Å². The Bertz CT molecular complexity index is 795. The molecule has 138 valence electrons. The van der Waals surface area contributed by atoms with Crippen LogP contribution >= 0.6 is 11.3 Å². The van der Waals surface area contributed by atoms with E-state index in [-0.39, 0.29) is 22.3 Å². The molecule has 1 saturated heterocycles. The van der Waals surface area contributed by atoms with Crippen LogP contribution in [0.1, 0.15) is 40.6 Å². The molecule has 0 unspecified atom stereocenters. The highest BCUT2D eigenvalue weighted by Crippen LogP contribution is 2.18. The van der Waals surface area contributed by atoms with Gasteiger partial charge in [0.25, 0.3) is 11.8 Å². The zero-order valence-corrected chi connectivity index (χ0v) is 15.3. The molecule has 2 heterocycles. The number of thiazole rings is 1. The van der Waals surface area contributed by atoms with Gasteiger partial charge < -0.3 is 5.32 Å². The summed E-state index contributed by atoms with van der Waals surface area (Å²) in [6, 6.07) is 6.08. The van der Waals surface area contributed by atoms with Crippen LogP contribution in [-0.4, -0.2) is 47.4 Å². The third-order valence-corrected chi connectivity index (χ3v) is 5.24. The second kappa shape index (κ2) is 8.37. The predicted molar refractivity (Wildman–Crippen MR) is 99.1 cm³/mol. The lowest BCUT2D eigenvalue weighted by Crippen LogP contribution is -2.40. The molecule has 1 fully saturated rings. The lowest BCUT2D eigenvalue weighted by atomic mass is 10.2. The third kappa shape index (κ3) is 4.25. The van der Waals surface area contributed by atoms with Gasteiger partial charge in [-0.2, -0.15) is 0 Å². The highest BCUT2D eigenvalue weighted by molar-refractivity contribution is 7.14. The lowest BCUT2D eigenvalue weighted by Gasteiger charge is -2.22. The SMILES string of the molecule is CCN1CCC[C@H]1CNC(=O)c1csc(NC(=O)c2ccccc2F)n1. The number of likely N-dealkylation sites (tertiary alicyclic amines) is 1. The number of benzene rings is 1. The second-order valence-corrected chi connectivity index (χ2v) is 6.96. The van der Waals surface area contributed by atoms with Crippen molar-refractivity contribution in [1.29, 1.82) is 0 Å². The van der Waals surface area contributed by atoms with E-state index in [0.717, 1.165) is 37.3 Å². The van der Waals surface area contributed by atoms with E-state index in [1.54, 1.807) is 11.4 Å². The number of carbonyl (C=O) groups is 2. The standard InChI is InChI=1S/C18H21FN4O2S/c1-2-23-9-5-6-12(23)10-20-17(25)15-11-26-18(21-15)22-16(24)13-7-3-4-8-14(13)19/h3-4,7-8,11-12H,2,5-6,9-10H2,1H3,(H,20,25)(H,21,22,24)/t12-/m0/s1. The van der Waals surface area contributed by atoms with Crippen LogP contribution in [0.4, 0.5) is 9.52 Å². The summed E-state index contributed by atoms with van der Waals surface area (Å²) in [4.78, 5) is 30.8. The molecule has 1 aliphatic rings. The van der Waals surface area contributed by atoms with Crippen LogP contribution < -0.4 is 10.6 Å². The number of rotatable bonds is 6. The normalized spacial score (nSPS) is 17.2. The maximum atomic E-state index is 13.6. The summed E-state index contributed by atoms with van der Waals surface area (Å²) in [5, 5.41) is 7.28. The first-order valence-electron chi connectivity index (χ1n) is 8.62. The molecule has 2 aromatic rings. The number of anilines is 1. The number of amides is 2. The van der Waals surface area contributed by atoms with Crippen molar-refractivity contribution in [3.63, 3.8) is 0 Å². The van der Waals surface area contributed by atoms with E-state index >= 15 is 0 Å². The average Bonchev–Trinajstić information content (AvgIpc) is 3.29. The van der Waals surface area contributed by atoms with Crippen molar-refractivity contribution in [1.82, 2.24) is 15.2 Å². The molecular weight excluding hydrogens is 355 g/mol. The van der Waals surface area contributed by atoms with Crippen molar-refractivity contribution >= 4 is 28.3 Å². The Morgan fingerprint density at radius 1 is 1.35 bits per heavy atom. The number of aromatic nitrogens is 1. The Morgan fingerprint density at radius 2 is 2.15 bits per heavy atom. The molecule has 0 saturated carbocycles. The second-order valence-electron chi connectivity index (χ2n) is 6.11. The number of halogens is 1. The summed E-state index contributed by atoms with van der Waals surface area (Å²) in [6.07, 6.45) is 2.23. The van der Waals surface area contributed by atoms with Gasteiger partial charge in [-0.3, -0.25) is 19.8 Å². The average molecular weight is 376 g/mol. The fourth-order valence-corrected chi connectivity index (χ4v) is 3.77. The molecule has 0 spiro atoms. The monoisotopic (exact) mass is 376 g/mol. The van der Waals surface area contributed by atoms with Crippen molar-refractivity contribution < 1.29 is 14.0 Å². The highest BCUT2D eigenvalue weighted by Gasteiger charge is 2.24. The first-order valence-corrected chi connectivity index (χ1v) is 9.50. The van der Waals surface area contributed by atoms with Crippen LogP contribution in [0.2, 0.25) is 0 Å². The summed E-state index contributed by atoms with van der Waals surface area (Å²) in [7, 11) is 0. The van der Waals surface area contributed by atoms with E-state index in [1.165, 1.54) is 18.2 Å². The Morgan fingerprint density at radius 3 is 2.92 bits per heavy atom. The molecule has 2 N–H and O–H groups in total. The minimum Gasteiger partial charge on any atom is -0.349 e. The van der Waals surface area contributed by atoms with E-state index in [9.17, 15) is 14.0 Å². The molecule has 1 aliphatic heterocycles. The molecule has 6 nitrogen and oxygen atoms in total. The molecule has 1 aromatic heterocycles.